The molecule has 0 aliphatic carbocycles. The number of benzene rings is 1. The van der Waals surface area contributed by atoms with Crippen molar-refractivity contribution in [1.29, 1.82) is 0 Å². The highest BCUT2D eigenvalue weighted by Crippen LogP contribution is 2.35. The molecule has 0 radical (unpaired) electrons. The van der Waals surface area contributed by atoms with E-state index in [1.54, 1.807) is 44.6 Å². The predicted molar refractivity (Wildman–Crippen MR) is 105 cm³/mol. The lowest BCUT2D eigenvalue weighted by Crippen LogP contribution is -2.28. The van der Waals surface area contributed by atoms with Gasteiger partial charge in [0.05, 0.1) is 25.7 Å². The molecule has 27 heavy (non-hydrogen) atoms. The molecule has 9 heteroatoms. The van der Waals surface area contributed by atoms with Crippen LogP contribution in [0, 0.1) is 5.21 Å². The van der Waals surface area contributed by atoms with Crippen molar-refractivity contribution in [3.05, 3.63) is 53.2 Å². The third-order valence-corrected chi connectivity index (χ3v) is 5.35. The Morgan fingerprint density at radius 3 is 2.89 bits per heavy atom. The Balaban J connectivity index is 1.67. The van der Waals surface area contributed by atoms with Crippen molar-refractivity contribution < 1.29 is 19.0 Å². The van der Waals surface area contributed by atoms with Crippen molar-refractivity contribution in [2.75, 3.05) is 25.3 Å². The van der Waals surface area contributed by atoms with Gasteiger partial charge in [-0.25, -0.2) is 4.98 Å². The Morgan fingerprint density at radius 2 is 2.15 bits per heavy atom. The van der Waals surface area contributed by atoms with Crippen molar-refractivity contribution in [2.45, 2.75) is 5.03 Å². The molecule has 140 valence electrons. The Hall–Kier alpha value is -2.78. The number of pyridine rings is 1. The normalized spacial score (nSPS) is 10.4. The molecule has 0 bridgehead atoms. The Labute approximate surface area is 164 Å². The summed E-state index contributed by atoms with van der Waals surface area (Å²) in [5, 5.41) is 17.1. The van der Waals surface area contributed by atoms with Gasteiger partial charge in [0.15, 0.2) is 11.3 Å². The second-order valence-electron chi connectivity index (χ2n) is 5.31. The quantitative estimate of drug-likeness (QED) is 0.370. The highest BCUT2D eigenvalue weighted by molar-refractivity contribution is 7.99. The van der Waals surface area contributed by atoms with Gasteiger partial charge >= 0.3 is 0 Å². The van der Waals surface area contributed by atoms with Gasteiger partial charge in [-0.15, -0.1) is 11.3 Å². The maximum absolute atomic E-state index is 12.1. The molecule has 0 saturated carbocycles. The minimum Gasteiger partial charge on any atom is -0.618 e. The van der Waals surface area contributed by atoms with Gasteiger partial charge in [0.2, 0.25) is 5.91 Å². The van der Waals surface area contributed by atoms with Crippen molar-refractivity contribution >= 4 is 34.1 Å². The van der Waals surface area contributed by atoms with Crippen LogP contribution in [-0.2, 0) is 4.79 Å². The van der Waals surface area contributed by atoms with Crippen LogP contribution >= 0.6 is 23.1 Å². The molecule has 0 atom stereocenters. The lowest BCUT2D eigenvalue weighted by Gasteiger charge is -2.08. The molecule has 1 N–H and O–H groups in total. The van der Waals surface area contributed by atoms with Crippen LogP contribution in [0.4, 0.5) is 5.13 Å². The van der Waals surface area contributed by atoms with Crippen molar-refractivity contribution in [3.8, 4) is 22.8 Å². The summed E-state index contributed by atoms with van der Waals surface area (Å²) >= 11 is 2.48. The van der Waals surface area contributed by atoms with Crippen molar-refractivity contribution in [1.82, 2.24) is 4.98 Å². The van der Waals surface area contributed by atoms with Gasteiger partial charge < -0.3 is 20.0 Å². The summed E-state index contributed by atoms with van der Waals surface area (Å²) < 4.78 is 11.4. The maximum Gasteiger partial charge on any atom is 0.251 e. The number of methoxy groups -OCH3 is 2. The molecule has 0 fully saturated rings. The number of hydrogen-bond donors (Lipinski definition) is 1. The number of carbonyl (C=O) groups excluding carboxylic acids is 1. The van der Waals surface area contributed by atoms with E-state index in [1.165, 1.54) is 29.3 Å². The summed E-state index contributed by atoms with van der Waals surface area (Å²) in [6, 6.07) is 10.5. The lowest BCUT2D eigenvalue weighted by atomic mass is 10.1. The van der Waals surface area contributed by atoms with Crippen molar-refractivity contribution in [2.24, 2.45) is 0 Å². The Morgan fingerprint density at radius 1 is 1.30 bits per heavy atom. The van der Waals surface area contributed by atoms with E-state index in [9.17, 15) is 10.0 Å². The average Bonchev–Trinajstić information content (AvgIpc) is 3.15. The molecule has 2 heterocycles. The van der Waals surface area contributed by atoms with Crippen LogP contribution in [-0.4, -0.2) is 30.9 Å². The van der Waals surface area contributed by atoms with Gasteiger partial charge in [-0.1, -0.05) is 0 Å². The summed E-state index contributed by atoms with van der Waals surface area (Å²) in [5.41, 5.74) is 1.46. The van der Waals surface area contributed by atoms with Crippen LogP contribution in [0.3, 0.4) is 0 Å². The van der Waals surface area contributed by atoms with Crippen LogP contribution in [0.1, 0.15) is 0 Å². The highest BCUT2D eigenvalue weighted by Gasteiger charge is 2.14. The number of carbonyl (C=O) groups is 1. The number of hydrogen-bond acceptors (Lipinski definition) is 7. The first kappa shape index (κ1) is 19.0. The number of aromatic nitrogens is 2. The Bertz CT molecular complexity index is 946. The van der Waals surface area contributed by atoms with E-state index >= 15 is 0 Å². The molecular weight excluding hydrogens is 386 g/mol. The highest BCUT2D eigenvalue weighted by atomic mass is 32.2. The summed E-state index contributed by atoms with van der Waals surface area (Å²) in [4.78, 5) is 16.6. The largest absolute Gasteiger partial charge is 0.618 e. The maximum atomic E-state index is 12.1. The van der Waals surface area contributed by atoms with E-state index in [2.05, 4.69) is 10.3 Å². The zero-order chi connectivity index (χ0) is 19.2. The number of thioether (sulfide) groups is 1. The molecule has 3 aromatic rings. The molecule has 1 amide bonds. The monoisotopic (exact) mass is 403 g/mol. The molecule has 3 rings (SSSR count). The van der Waals surface area contributed by atoms with E-state index in [0.29, 0.717) is 27.4 Å². The minimum atomic E-state index is -0.234. The fourth-order valence-corrected chi connectivity index (χ4v) is 3.73. The number of anilines is 1. The summed E-state index contributed by atoms with van der Waals surface area (Å²) in [5.74, 6) is 1.24. The molecule has 0 saturated heterocycles. The minimum absolute atomic E-state index is 0.115. The van der Waals surface area contributed by atoms with E-state index < -0.39 is 0 Å². The standard InChI is InChI=1S/C18H17N3O4S2/c1-24-12-6-7-15(25-2)13(9-12)14-10-27-18(19-14)20-16(22)11-26-17-5-3-4-8-21(17)23/h3-10H,11H2,1-2H3,(H,19,20,22). The van der Waals surface area contributed by atoms with Gasteiger partial charge in [0, 0.05) is 23.1 Å². The molecule has 0 aliphatic rings. The van der Waals surface area contributed by atoms with Crippen molar-refractivity contribution in [3.63, 3.8) is 0 Å². The van der Waals surface area contributed by atoms with Crippen LogP contribution < -0.4 is 19.5 Å². The third-order valence-electron chi connectivity index (χ3n) is 3.57. The first-order valence-electron chi connectivity index (χ1n) is 7.89. The number of nitrogens with zero attached hydrogens (tertiary/aromatic N) is 2. The molecule has 0 aliphatic heterocycles. The Kier molecular flexibility index (Phi) is 6.15. The van der Waals surface area contributed by atoms with Gasteiger partial charge in [-0.2, -0.15) is 4.73 Å². The smallest absolute Gasteiger partial charge is 0.251 e. The molecule has 0 spiro atoms. The van der Waals surface area contributed by atoms with Gasteiger partial charge in [-0.3, -0.25) is 4.79 Å². The predicted octanol–water partition coefficient (Wildman–Crippen LogP) is 3.19. The number of thiazole rings is 1. The first-order chi connectivity index (χ1) is 13.1. The van der Waals surface area contributed by atoms with E-state index in [1.807, 2.05) is 11.4 Å². The molecule has 1 aromatic carbocycles. The second kappa shape index (κ2) is 8.74. The van der Waals surface area contributed by atoms with Crippen LogP contribution in [0.2, 0.25) is 0 Å². The summed E-state index contributed by atoms with van der Waals surface area (Å²) in [7, 11) is 3.18. The molecule has 2 aromatic heterocycles. The lowest BCUT2D eigenvalue weighted by molar-refractivity contribution is -0.645. The number of rotatable bonds is 7. The molecular formula is C18H17N3O4S2. The third kappa shape index (κ3) is 4.69. The van der Waals surface area contributed by atoms with Crippen LogP contribution in [0.5, 0.6) is 11.5 Å². The zero-order valence-electron chi connectivity index (χ0n) is 14.7. The van der Waals surface area contributed by atoms with E-state index in [4.69, 9.17) is 9.47 Å². The van der Waals surface area contributed by atoms with Crippen LogP contribution in [0.15, 0.2) is 53.0 Å². The van der Waals surface area contributed by atoms with Gasteiger partial charge in [0.25, 0.3) is 5.03 Å². The summed E-state index contributed by atoms with van der Waals surface area (Å²) in [6.07, 6.45) is 1.40. The first-order valence-corrected chi connectivity index (χ1v) is 9.76. The second-order valence-corrected chi connectivity index (χ2v) is 7.16. The summed E-state index contributed by atoms with van der Waals surface area (Å²) in [6.45, 7) is 0. The van der Waals surface area contributed by atoms with Gasteiger partial charge in [-0.05, 0) is 36.0 Å². The average molecular weight is 403 g/mol. The fraction of sp³-hybridized carbons (Fsp3) is 0.167. The molecule has 0 unspecified atom stereocenters. The van der Waals surface area contributed by atoms with Gasteiger partial charge in [0.1, 0.15) is 11.5 Å². The fourth-order valence-electron chi connectivity index (χ4n) is 2.29. The number of amides is 1. The van der Waals surface area contributed by atoms with Crippen LogP contribution in [0.25, 0.3) is 11.3 Å². The SMILES string of the molecule is COc1ccc(OC)c(-c2csc(NC(=O)CSc3cccc[n+]3[O-])n2)c1. The topological polar surface area (TPSA) is 87.4 Å². The van der Waals surface area contributed by atoms with E-state index in [0.717, 1.165) is 10.3 Å². The number of nitrogens with one attached hydrogen (secondary N) is 1. The number of ether oxygens (including phenoxy) is 2. The zero-order valence-corrected chi connectivity index (χ0v) is 16.3. The van der Waals surface area contributed by atoms with E-state index in [-0.39, 0.29) is 11.7 Å². The molecule has 7 nitrogen and oxygen atoms in total.